The van der Waals surface area contributed by atoms with E-state index in [0.717, 1.165) is 11.8 Å². The van der Waals surface area contributed by atoms with E-state index in [9.17, 15) is 0 Å². The van der Waals surface area contributed by atoms with Gasteiger partial charge in [-0.1, -0.05) is 58.8 Å². The summed E-state index contributed by atoms with van der Waals surface area (Å²) in [6.07, 6.45) is 10.3. The van der Waals surface area contributed by atoms with Gasteiger partial charge in [-0.2, -0.15) is 0 Å². The van der Waals surface area contributed by atoms with Crippen molar-refractivity contribution in [3.63, 3.8) is 0 Å². The lowest BCUT2D eigenvalue weighted by Gasteiger charge is -2.28. The van der Waals surface area contributed by atoms with Gasteiger partial charge in [0.15, 0.2) is 0 Å². The zero-order chi connectivity index (χ0) is 8.10. The maximum atomic E-state index is 2.44. The monoisotopic (exact) mass is 172 g/mol. The molecule has 0 radical (unpaired) electrons. The molecule has 1 aliphatic carbocycles. The van der Waals surface area contributed by atoms with Gasteiger partial charge in [0, 0.05) is 0 Å². The van der Waals surface area contributed by atoms with E-state index >= 15 is 0 Å². The Morgan fingerprint density at radius 1 is 1.17 bits per heavy atom. The highest BCUT2D eigenvalue weighted by Gasteiger charge is 2.19. The second-order valence-electron chi connectivity index (χ2n) is 4.16. The summed E-state index contributed by atoms with van der Waals surface area (Å²) in [7, 11) is 0. The van der Waals surface area contributed by atoms with E-state index < -0.39 is 0 Å². The molecule has 0 amide bonds. The molecule has 1 aliphatic rings. The van der Waals surface area contributed by atoms with Gasteiger partial charge in [0.1, 0.15) is 0 Å². The van der Waals surface area contributed by atoms with Gasteiger partial charge in [0.2, 0.25) is 0 Å². The molecule has 0 bridgehead atoms. The van der Waals surface area contributed by atoms with Gasteiger partial charge in [-0.15, -0.1) is 0 Å². The van der Waals surface area contributed by atoms with Crippen molar-refractivity contribution in [1.29, 1.82) is 0 Å². The normalized spacial score (nSPS) is 29.5. The highest BCUT2D eigenvalue weighted by Crippen LogP contribution is 2.32. The maximum absolute atomic E-state index is 2.44. The first-order chi connectivity index (χ1) is 5.34. The van der Waals surface area contributed by atoms with Crippen molar-refractivity contribution in [2.75, 3.05) is 0 Å². The average molecular weight is 172 g/mol. The van der Waals surface area contributed by atoms with Gasteiger partial charge in [-0.3, -0.25) is 0 Å². The lowest BCUT2D eigenvalue weighted by Crippen LogP contribution is -2.16. The minimum atomic E-state index is 0. The summed E-state index contributed by atoms with van der Waals surface area (Å²) < 4.78 is 0. The van der Waals surface area contributed by atoms with E-state index in [1.54, 1.807) is 0 Å². The first-order valence-electron chi connectivity index (χ1n) is 5.34. The van der Waals surface area contributed by atoms with E-state index in [1.165, 1.54) is 44.9 Å². The molecule has 1 heteroatoms. The molecular weight excluding hydrogens is 148 g/mol. The van der Waals surface area contributed by atoms with Gasteiger partial charge >= 0.3 is 0 Å². The third-order valence-electron chi connectivity index (χ3n) is 3.22. The molecular formula is C11H24O. The molecule has 1 nitrogen and oxygen atoms in total. The Bertz CT molecular complexity index is 101. The minimum absolute atomic E-state index is 0. The van der Waals surface area contributed by atoms with E-state index in [4.69, 9.17) is 0 Å². The summed E-state index contributed by atoms with van der Waals surface area (Å²) >= 11 is 0. The summed E-state index contributed by atoms with van der Waals surface area (Å²) in [4.78, 5) is 0. The molecule has 2 unspecified atom stereocenters. The van der Waals surface area contributed by atoms with Crippen molar-refractivity contribution in [2.45, 2.75) is 58.8 Å². The number of hydrogen-bond acceptors (Lipinski definition) is 0. The molecule has 0 aromatic rings. The summed E-state index contributed by atoms with van der Waals surface area (Å²) in [5.74, 6) is 2.10. The summed E-state index contributed by atoms with van der Waals surface area (Å²) in [5, 5.41) is 0. The van der Waals surface area contributed by atoms with Crippen LogP contribution in [0, 0.1) is 11.8 Å². The summed E-state index contributed by atoms with van der Waals surface area (Å²) in [6.45, 7) is 4.74. The third-order valence-corrected chi connectivity index (χ3v) is 3.22. The summed E-state index contributed by atoms with van der Waals surface area (Å²) in [6, 6.07) is 0. The van der Waals surface area contributed by atoms with Gasteiger partial charge in [0.05, 0.1) is 0 Å². The van der Waals surface area contributed by atoms with Crippen LogP contribution in [-0.2, 0) is 0 Å². The van der Waals surface area contributed by atoms with Gasteiger partial charge in [0.25, 0.3) is 0 Å². The molecule has 74 valence electrons. The highest BCUT2D eigenvalue weighted by molar-refractivity contribution is 4.71. The quantitative estimate of drug-likeness (QED) is 0.626. The molecule has 0 aromatic carbocycles. The van der Waals surface area contributed by atoms with E-state index in [-0.39, 0.29) is 5.48 Å². The molecule has 0 saturated heterocycles. The Balaban J connectivity index is 0.00000121. The molecule has 1 fully saturated rings. The zero-order valence-electron chi connectivity index (χ0n) is 8.60. The SMILES string of the molecule is CCCCC1CCCCC1C.O. The van der Waals surface area contributed by atoms with Gasteiger partial charge < -0.3 is 5.48 Å². The Morgan fingerprint density at radius 3 is 2.42 bits per heavy atom. The van der Waals surface area contributed by atoms with Crippen LogP contribution in [0.1, 0.15) is 58.8 Å². The molecule has 2 atom stereocenters. The number of hydrogen-bond donors (Lipinski definition) is 0. The van der Waals surface area contributed by atoms with Gasteiger partial charge in [-0.25, -0.2) is 0 Å². The summed E-state index contributed by atoms with van der Waals surface area (Å²) in [5.41, 5.74) is 0. The smallest absolute Gasteiger partial charge is 0.0388 e. The fourth-order valence-corrected chi connectivity index (χ4v) is 2.29. The first-order valence-corrected chi connectivity index (χ1v) is 5.34. The first kappa shape index (κ1) is 12.0. The van der Waals surface area contributed by atoms with E-state index in [0.29, 0.717) is 0 Å². The molecule has 0 aromatic heterocycles. The molecule has 2 N–H and O–H groups in total. The van der Waals surface area contributed by atoms with Crippen LogP contribution in [0.25, 0.3) is 0 Å². The standard InChI is InChI=1S/C11H22.H2O/c1-3-4-8-11-9-6-5-7-10(11)2;/h10-11H,3-9H2,1-2H3;1H2. The minimum Gasteiger partial charge on any atom is -0.412 e. The number of rotatable bonds is 3. The Labute approximate surface area is 76.9 Å². The van der Waals surface area contributed by atoms with Crippen LogP contribution in [0.15, 0.2) is 0 Å². The lowest BCUT2D eigenvalue weighted by atomic mass is 9.78. The lowest BCUT2D eigenvalue weighted by molar-refractivity contribution is 0.237. The van der Waals surface area contributed by atoms with Crippen LogP contribution in [0.3, 0.4) is 0 Å². The van der Waals surface area contributed by atoms with E-state index in [2.05, 4.69) is 13.8 Å². The van der Waals surface area contributed by atoms with Crippen LogP contribution in [0.5, 0.6) is 0 Å². The molecule has 0 spiro atoms. The van der Waals surface area contributed by atoms with Crippen molar-refractivity contribution in [1.82, 2.24) is 0 Å². The second-order valence-corrected chi connectivity index (χ2v) is 4.16. The van der Waals surface area contributed by atoms with Crippen LogP contribution in [0.2, 0.25) is 0 Å². The topological polar surface area (TPSA) is 31.5 Å². The third kappa shape index (κ3) is 3.57. The largest absolute Gasteiger partial charge is 0.412 e. The maximum Gasteiger partial charge on any atom is -0.0388 e. The predicted octanol–water partition coefficient (Wildman–Crippen LogP) is 3.18. The average Bonchev–Trinajstić information content (AvgIpc) is 2.03. The van der Waals surface area contributed by atoms with Crippen molar-refractivity contribution in [3.05, 3.63) is 0 Å². The van der Waals surface area contributed by atoms with Crippen LogP contribution in [0.4, 0.5) is 0 Å². The van der Waals surface area contributed by atoms with Crippen LogP contribution >= 0.6 is 0 Å². The van der Waals surface area contributed by atoms with Crippen LogP contribution in [-0.4, -0.2) is 5.48 Å². The number of unbranched alkanes of at least 4 members (excludes halogenated alkanes) is 1. The van der Waals surface area contributed by atoms with Crippen LogP contribution < -0.4 is 0 Å². The Kier molecular flexibility index (Phi) is 6.45. The molecule has 1 rings (SSSR count). The fraction of sp³-hybridized carbons (Fsp3) is 1.00. The Hall–Kier alpha value is -0.0400. The zero-order valence-corrected chi connectivity index (χ0v) is 8.60. The molecule has 1 saturated carbocycles. The van der Waals surface area contributed by atoms with E-state index in [1.807, 2.05) is 0 Å². The van der Waals surface area contributed by atoms with Crippen molar-refractivity contribution in [3.8, 4) is 0 Å². The fourth-order valence-electron chi connectivity index (χ4n) is 2.29. The van der Waals surface area contributed by atoms with Crippen molar-refractivity contribution >= 4 is 0 Å². The predicted molar refractivity (Wildman–Crippen MR) is 54.3 cm³/mol. The van der Waals surface area contributed by atoms with Crippen molar-refractivity contribution < 1.29 is 5.48 Å². The molecule has 0 aliphatic heterocycles. The van der Waals surface area contributed by atoms with Crippen molar-refractivity contribution in [2.24, 2.45) is 11.8 Å². The second kappa shape index (κ2) is 6.47. The Morgan fingerprint density at radius 2 is 1.83 bits per heavy atom. The molecule has 12 heavy (non-hydrogen) atoms. The highest BCUT2D eigenvalue weighted by atomic mass is 16.0. The molecule has 0 heterocycles. The van der Waals surface area contributed by atoms with Gasteiger partial charge in [-0.05, 0) is 11.8 Å².